The molecule has 2 atom stereocenters. The van der Waals surface area contributed by atoms with Gasteiger partial charge in [0.05, 0.1) is 0 Å². The van der Waals surface area contributed by atoms with Crippen molar-refractivity contribution in [2.75, 3.05) is 6.54 Å². The average Bonchev–Trinajstić information content (AvgIpc) is 2.51. The van der Waals surface area contributed by atoms with E-state index < -0.39 is 6.10 Å². The molecule has 0 aliphatic heterocycles. The lowest BCUT2D eigenvalue weighted by Crippen LogP contribution is -2.31. The number of aryl methyl sites for hydroxylation is 1. The fourth-order valence-corrected chi connectivity index (χ4v) is 2.04. The molecule has 1 heterocycles. The number of aromatic nitrogens is 1. The molecule has 74 valence electrons. The van der Waals surface area contributed by atoms with E-state index in [1.54, 1.807) is 0 Å². The number of aliphatic hydroxyl groups excluding tert-OH is 1. The van der Waals surface area contributed by atoms with Gasteiger partial charge in [0.15, 0.2) is 0 Å². The number of rotatable bonds is 4. The molecule has 2 N–H and O–H groups in total. The van der Waals surface area contributed by atoms with E-state index in [4.69, 9.17) is 0 Å². The maximum Gasteiger partial charge on any atom is 0.123 e. The van der Waals surface area contributed by atoms with Crippen molar-refractivity contribution in [2.24, 2.45) is 0 Å². The molecule has 2 unspecified atom stereocenters. The molecule has 0 amide bonds. The Balaban J connectivity index is 2.61. The first-order valence-corrected chi connectivity index (χ1v) is 5.36. The zero-order chi connectivity index (χ0) is 9.84. The van der Waals surface area contributed by atoms with Gasteiger partial charge in [0, 0.05) is 17.1 Å². The molecule has 0 saturated carbocycles. The highest BCUT2D eigenvalue weighted by atomic mass is 32.1. The van der Waals surface area contributed by atoms with E-state index in [9.17, 15) is 5.11 Å². The van der Waals surface area contributed by atoms with Crippen molar-refractivity contribution in [1.29, 1.82) is 0 Å². The average molecular weight is 200 g/mol. The topological polar surface area (TPSA) is 45.1 Å². The highest BCUT2D eigenvalue weighted by Gasteiger charge is 2.17. The van der Waals surface area contributed by atoms with Gasteiger partial charge in [-0.25, -0.2) is 4.98 Å². The van der Waals surface area contributed by atoms with Crippen LogP contribution in [0.25, 0.3) is 0 Å². The van der Waals surface area contributed by atoms with Gasteiger partial charge < -0.3 is 10.4 Å². The van der Waals surface area contributed by atoms with Crippen molar-refractivity contribution < 1.29 is 5.11 Å². The smallest absolute Gasteiger partial charge is 0.123 e. The Hall–Kier alpha value is -0.450. The molecule has 0 saturated heterocycles. The standard InChI is InChI=1S/C9H16N2OS/c1-4-10-7(3)8(12)9-11-6(2)5-13-9/h5,7-8,10,12H,4H2,1-3H3. The molecule has 0 aliphatic rings. The quantitative estimate of drug-likeness (QED) is 0.774. The van der Waals surface area contributed by atoms with E-state index in [2.05, 4.69) is 10.3 Å². The van der Waals surface area contributed by atoms with E-state index in [-0.39, 0.29) is 6.04 Å². The first kappa shape index (κ1) is 10.6. The summed E-state index contributed by atoms with van der Waals surface area (Å²) in [5, 5.41) is 15.7. The Kier molecular flexibility index (Phi) is 3.84. The van der Waals surface area contributed by atoms with Crippen LogP contribution < -0.4 is 5.32 Å². The minimum atomic E-state index is -0.487. The molecule has 1 aromatic heterocycles. The Morgan fingerprint density at radius 2 is 2.38 bits per heavy atom. The Bertz CT molecular complexity index is 262. The summed E-state index contributed by atoms with van der Waals surface area (Å²) in [7, 11) is 0. The summed E-state index contributed by atoms with van der Waals surface area (Å²) < 4.78 is 0. The monoisotopic (exact) mass is 200 g/mol. The number of thiazole rings is 1. The van der Waals surface area contributed by atoms with Gasteiger partial charge in [-0.2, -0.15) is 0 Å². The molecule has 13 heavy (non-hydrogen) atoms. The molecular weight excluding hydrogens is 184 g/mol. The number of nitrogens with one attached hydrogen (secondary N) is 1. The third kappa shape index (κ3) is 2.76. The third-order valence-corrected chi connectivity index (χ3v) is 2.92. The molecule has 3 nitrogen and oxygen atoms in total. The van der Waals surface area contributed by atoms with Crippen LogP contribution in [0.4, 0.5) is 0 Å². The second-order valence-electron chi connectivity index (χ2n) is 3.12. The molecule has 0 aliphatic carbocycles. The predicted octanol–water partition coefficient (Wildman–Crippen LogP) is 1.48. The van der Waals surface area contributed by atoms with E-state index >= 15 is 0 Å². The van der Waals surface area contributed by atoms with Crippen molar-refractivity contribution in [2.45, 2.75) is 32.9 Å². The lowest BCUT2D eigenvalue weighted by Gasteiger charge is -2.16. The van der Waals surface area contributed by atoms with E-state index in [1.807, 2.05) is 26.2 Å². The van der Waals surface area contributed by atoms with Crippen LogP contribution in [0.2, 0.25) is 0 Å². The molecule has 0 fully saturated rings. The third-order valence-electron chi connectivity index (χ3n) is 1.89. The summed E-state index contributed by atoms with van der Waals surface area (Å²) >= 11 is 1.51. The SMILES string of the molecule is CCNC(C)C(O)c1nc(C)cs1. The summed E-state index contributed by atoms with van der Waals surface area (Å²) in [4.78, 5) is 4.24. The van der Waals surface area contributed by atoms with Gasteiger partial charge >= 0.3 is 0 Å². The summed E-state index contributed by atoms with van der Waals surface area (Å²) in [6, 6.07) is 0.0653. The van der Waals surface area contributed by atoms with Crippen LogP contribution in [0, 0.1) is 6.92 Å². The van der Waals surface area contributed by atoms with Gasteiger partial charge in [-0.05, 0) is 20.4 Å². The number of likely N-dealkylation sites (N-methyl/N-ethyl adjacent to an activating group) is 1. The fourth-order valence-electron chi connectivity index (χ4n) is 1.16. The molecule has 0 spiro atoms. The van der Waals surface area contributed by atoms with Gasteiger partial charge in [0.1, 0.15) is 11.1 Å². The summed E-state index contributed by atoms with van der Waals surface area (Å²) in [5.41, 5.74) is 0.975. The second kappa shape index (κ2) is 4.69. The minimum Gasteiger partial charge on any atom is -0.384 e. The van der Waals surface area contributed by atoms with Gasteiger partial charge in [-0.1, -0.05) is 6.92 Å². The maximum absolute atomic E-state index is 9.82. The van der Waals surface area contributed by atoms with Crippen LogP contribution in [0.1, 0.15) is 30.7 Å². The van der Waals surface area contributed by atoms with Gasteiger partial charge in [-0.15, -0.1) is 11.3 Å². The highest BCUT2D eigenvalue weighted by Crippen LogP contribution is 2.20. The Morgan fingerprint density at radius 3 is 2.85 bits per heavy atom. The number of nitrogens with zero attached hydrogens (tertiary/aromatic N) is 1. The van der Waals surface area contributed by atoms with Crippen LogP contribution in [0.15, 0.2) is 5.38 Å². The zero-order valence-electron chi connectivity index (χ0n) is 8.24. The molecule has 0 bridgehead atoms. The van der Waals surface area contributed by atoms with Gasteiger partial charge in [0.2, 0.25) is 0 Å². The zero-order valence-corrected chi connectivity index (χ0v) is 9.06. The first-order chi connectivity index (χ1) is 6.15. The predicted molar refractivity (Wildman–Crippen MR) is 54.9 cm³/mol. The first-order valence-electron chi connectivity index (χ1n) is 4.48. The number of aliphatic hydroxyl groups is 1. The van der Waals surface area contributed by atoms with Crippen LogP contribution in [-0.4, -0.2) is 22.7 Å². The molecular formula is C9H16N2OS. The Morgan fingerprint density at radius 1 is 1.69 bits per heavy atom. The van der Waals surface area contributed by atoms with Crippen LogP contribution in [-0.2, 0) is 0 Å². The van der Waals surface area contributed by atoms with E-state index in [0.717, 1.165) is 17.2 Å². The van der Waals surface area contributed by atoms with Crippen molar-refractivity contribution in [3.05, 3.63) is 16.1 Å². The molecule has 0 aromatic carbocycles. The van der Waals surface area contributed by atoms with E-state index in [0.29, 0.717) is 0 Å². The molecule has 1 aromatic rings. The summed E-state index contributed by atoms with van der Waals surface area (Å²) in [6.07, 6.45) is -0.487. The van der Waals surface area contributed by atoms with Crippen LogP contribution in [0.5, 0.6) is 0 Å². The van der Waals surface area contributed by atoms with Crippen LogP contribution >= 0.6 is 11.3 Å². The normalized spacial score (nSPS) is 15.7. The van der Waals surface area contributed by atoms with Gasteiger partial charge in [0.25, 0.3) is 0 Å². The fraction of sp³-hybridized carbons (Fsp3) is 0.667. The minimum absolute atomic E-state index is 0.0653. The van der Waals surface area contributed by atoms with Crippen molar-refractivity contribution >= 4 is 11.3 Å². The molecule has 1 rings (SSSR count). The Labute approximate surface area is 82.8 Å². The summed E-state index contributed by atoms with van der Waals surface area (Å²) in [6.45, 7) is 6.79. The van der Waals surface area contributed by atoms with Crippen LogP contribution in [0.3, 0.4) is 0 Å². The largest absolute Gasteiger partial charge is 0.384 e. The highest BCUT2D eigenvalue weighted by molar-refractivity contribution is 7.09. The second-order valence-corrected chi connectivity index (χ2v) is 4.01. The van der Waals surface area contributed by atoms with Crippen molar-refractivity contribution in [1.82, 2.24) is 10.3 Å². The van der Waals surface area contributed by atoms with Gasteiger partial charge in [-0.3, -0.25) is 0 Å². The maximum atomic E-state index is 9.82. The number of hydrogen-bond donors (Lipinski definition) is 2. The van der Waals surface area contributed by atoms with Crippen molar-refractivity contribution in [3.63, 3.8) is 0 Å². The van der Waals surface area contributed by atoms with E-state index in [1.165, 1.54) is 11.3 Å². The van der Waals surface area contributed by atoms with Crippen molar-refractivity contribution in [3.8, 4) is 0 Å². The lowest BCUT2D eigenvalue weighted by atomic mass is 10.2. The number of hydrogen-bond acceptors (Lipinski definition) is 4. The molecule has 0 radical (unpaired) electrons. The summed E-state index contributed by atoms with van der Waals surface area (Å²) in [5.74, 6) is 0. The molecule has 4 heteroatoms. The lowest BCUT2D eigenvalue weighted by molar-refractivity contribution is 0.136.